The number of benzene rings is 1. The van der Waals surface area contributed by atoms with Crippen molar-refractivity contribution in [2.24, 2.45) is 0 Å². The summed E-state index contributed by atoms with van der Waals surface area (Å²) in [4.78, 5) is 11.5. The molecule has 0 aromatic heterocycles. The van der Waals surface area contributed by atoms with Crippen LogP contribution in [0.15, 0.2) is 17.0 Å². The monoisotopic (exact) mass is 485 g/mol. The second kappa shape index (κ2) is 6.73. The Labute approximate surface area is 149 Å². The van der Waals surface area contributed by atoms with Gasteiger partial charge in [-0.2, -0.15) is 13.2 Å². The maximum Gasteiger partial charge on any atom is 0.426 e. The molecule has 0 saturated heterocycles. The number of amides is 1. The summed E-state index contributed by atoms with van der Waals surface area (Å²) in [6, 6.07) is 2.20. The Morgan fingerprint density at radius 1 is 1.39 bits per heavy atom. The van der Waals surface area contributed by atoms with Gasteiger partial charge in [-0.3, -0.25) is 4.79 Å². The maximum atomic E-state index is 12.6. The molecule has 5 nitrogen and oxygen atoms in total. The smallest absolute Gasteiger partial charge is 0.373 e. The van der Waals surface area contributed by atoms with Gasteiger partial charge in [0.1, 0.15) is 0 Å². The van der Waals surface area contributed by atoms with Crippen LogP contribution in [0.25, 0.3) is 0 Å². The number of anilines is 1. The lowest BCUT2D eigenvalue weighted by atomic mass is 10.1. The van der Waals surface area contributed by atoms with Crippen molar-refractivity contribution in [3.8, 4) is 0 Å². The number of carbonyl (C=O) groups excluding carboxylic acids is 1. The average Bonchev–Trinajstić information content (AvgIpc) is 2.42. The molecule has 1 rings (SSSR count). The average molecular weight is 486 g/mol. The van der Waals surface area contributed by atoms with Gasteiger partial charge < -0.3 is 10.4 Å². The molecule has 0 unspecified atom stereocenters. The van der Waals surface area contributed by atoms with Gasteiger partial charge in [0.15, 0.2) is 9.84 Å². The second-order valence-electron chi connectivity index (χ2n) is 4.67. The van der Waals surface area contributed by atoms with Gasteiger partial charge in [0.05, 0.1) is 24.9 Å². The molecule has 0 bridgehead atoms. The van der Waals surface area contributed by atoms with Crippen molar-refractivity contribution in [1.82, 2.24) is 0 Å². The summed E-state index contributed by atoms with van der Waals surface area (Å²) in [5, 5.41) is 10.9. The molecule has 0 saturated carbocycles. The Bertz CT molecular complexity index is 735. The molecule has 1 amide bonds. The second-order valence-corrected chi connectivity index (χ2v) is 8.37. The zero-order chi connectivity index (χ0) is 18.2. The number of carbonyl (C=O) groups is 1. The van der Waals surface area contributed by atoms with E-state index in [1.54, 1.807) is 22.6 Å². The van der Waals surface area contributed by atoms with Gasteiger partial charge in [0, 0.05) is 0 Å². The van der Waals surface area contributed by atoms with Crippen LogP contribution in [0.3, 0.4) is 0 Å². The van der Waals surface area contributed by atoms with Gasteiger partial charge in [-0.15, -0.1) is 0 Å². The number of hydrogen-bond acceptors (Lipinski definition) is 4. The highest BCUT2D eigenvalue weighted by Gasteiger charge is 2.55. The molecular weight excluding hydrogens is 474 g/mol. The first kappa shape index (κ1) is 20.5. The molecule has 11 heteroatoms. The molecule has 0 radical (unpaired) electrons. The fourth-order valence-electron chi connectivity index (χ4n) is 1.40. The minimum Gasteiger partial charge on any atom is -0.373 e. The van der Waals surface area contributed by atoms with E-state index in [0.29, 0.717) is 6.92 Å². The van der Waals surface area contributed by atoms with E-state index in [1.165, 1.54) is 6.92 Å². The summed E-state index contributed by atoms with van der Waals surface area (Å²) in [6.45, 7) is 1.73. The van der Waals surface area contributed by atoms with Crippen molar-refractivity contribution in [2.75, 3.05) is 11.1 Å². The SMILES string of the molecule is CCS(=O)(=O)c1ccc(NC(=O)[C@@](C)(O)C(F)(F)F)c(Cl)c1I. The lowest BCUT2D eigenvalue weighted by Gasteiger charge is -2.25. The van der Waals surface area contributed by atoms with Crippen molar-refractivity contribution in [3.05, 3.63) is 20.7 Å². The standard InChI is InChI=1S/C12H12ClF3INO4S/c1-3-23(21,22)7-5-4-6(8(13)9(7)17)18-10(19)11(2,20)12(14,15)16/h4-5,20H,3H2,1-2H3,(H,18,19)/t11-/m1/s1. The van der Waals surface area contributed by atoms with Crippen molar-refractivity contribution in [2.45, 2.75) is 30.5 Å². The first-order chi connectivity index (χ1) is 10.3. The molecule has 1 atom stereocenters. The largest absolute Gasteiger partial charge is 0.426 e. The molecule has 1 aromatic rings. The minimum atomic E-state index is -5.18. The van der Waals surface area contributed by atoms with Crippen LogP contribution in [0, 0.1) is 3.57 Å². The van der Waals surface area contributed by atoms with E-state index < -0.39 is 27.5 Å². The normalized spacial score (nSPS) is 15.1. The van der Waals surface area contributed by atoms with Gasteiger partial charge in [-0.05, 0) is 41.6 Å². The van der Waals surface area contributed by atoms with Crippen molar-refractivity contribution < 1.29 is 31.5 Å². The lowest BCUT2D eigenvalue weighted by Crippen LogP contribution is -2.52. The van der Waals surface area contributed by atoms with E-state index in [4.69, 9.17) is 11.6 Å². The molecule has 0 fully saturated rings. The van der Waals surface area contributed by atoms with Crippen molar-refractivity contribution in [3.63, 3.8) is 0 Å². The Hall–Kier alpha value is -0.590. The summed E-state index contributed by atoms with van der Waals surface area (Å²) in [6.07, 6.45) is -5.18. The molecule has 2 N–H and O–H groups in total. The van der Waals surface area contributed by atoms with E-state index in [2.05, 4.69) is 0 Å². The molecule has 0 aliphatic rings. The first-order valence-corrected chi connectivity index (χ1v) is 9.18. The van der Waals surface area contributed by atoms with Gasteiger partial charge in [-0.1, -0.05) is 18.5 Å². The molecule has 0 heterocycles. The van der Waals surface area contributed by atoms with E-state index >= 15 is 0 Å². The van der Waals surface area contributed by atoms with Gasteiger partial charge in [0.2, 0.25) is 5.60 Å². The Morgan fingerprint density at radius 2 is 1.91 bits per heavy atom. The molecular formula is C12H12ClF3INO4S. The number of alkyl halides is 3. The predicted molar refractivity (Wildman–Crippen MR) is 87.2 cm³/mol. The summed E-state index contributed by atoms with van der Waals surface area (Å²) in [7, 11) is -3.58. The van der Waals surface area contributed by atoms with Crippen molar-refractivity contribution in [1.29, 1.82) is 0 Å². The number of aliphatic hydroxyl groups is 1. The highest BCUT2D eigenvalue weighted by atomic mass is 127. The Morgan fingerprint density at radius 3 is 2.35 bits per heavy atom. The highest BCUT2D eigenvalue weighted by Crippen LogP contribution is 2.35. The molecule has 130 valence electrons. The van der Waals surface area contributed by atoms with Crippen LogP contribution >= 0.6 is 34.2 Å². The van der Waals surface area contributed by atoms with Crippen LogP contribution in [0.4, 0.5) is 18.9 Å². The lowest BCUT2D eigenvalue weighted by molar-refractivity contribution is -0.242. The number of rotatable bonds is 4. The minimum absolute atomic E-state index is 0.0653. The number of hydrogen-bond donors (Lipinski definition) is 2. The zero-order valence-electron chi connectivity index (χ0n) is 11.8. The van der Waals surface area contributed by atoms with E-state index in [-0.39, 0.29) is 24.9 Å². The maximum absolute atomic E-state index is 12.6. The summed E-state index contributed by atoms with van der Waals surface area (Å²) in [5.41, 5.74) is -3.85. The summed E-state index contributed by atoms with van der Waals surface area (Å²) < 4.78 is 61.6. The van der Waals surface area contributed by atoms with Crippen LogP contribution in [0.2, 0.25) is 5.02 Å². The third-order valence-corrected chi connectivity index (χ3v) is 6.97. The van der Waals surface area contributed by atoms with Crippen molar-refractivity contribution >= 4 is 55.6 Å². The van der Waals surface area contributed by atoms with E-state index in [1.807, 2.05) is 5.32 Å². The van der Waals surface area contributed by atoms with Crippen LogP contribution in [0.1, 0.15) is 13.8 Å². The van der Waals surface area contributed by atoms with E-state index in [9.17, 15) is 31.5 Å². The Balaban J connectivity index is 3.24. The fourth-order valence-corrected chi connectivity index (χ4v) is 4.10. The molecule has 0 aliphatic heterocycles. The number of sulfone groups is 1. The number of halogens is 5. The third kappa shape index (κ3) is 4.09. The van der Waals surface area contributed by atoms with Gasteiger partial charge in [-0.25, -0.2) is 8.42 Å². The van der Waals surface area contributed by atoms with Crippen LogP contribution in [0.5, 0.6) is 0 Å². The summed E-state index contributed by atoms with van der Waals surface area (Å²) in [5.74, 6) is -1.91. The third-order valence-electron chi connectivity index (χ3n) is 3.00. The highest BCUT2D eigenvalue weighted by molar-refractivity contribution is 14.1. The Kier molecular flexibility index (Phi) is 5.98. The fraction of sp³-hybridized carbons (Fsp3) is 0.417. The molecule has 0 aliphatic carbocycles. The number of nitrogens with one attached hydrogen (secondary N) is 1. The van der Waals surface area contributed by atoms with E-state index in [0.717, 1.165) is 12.1 Å². The predicted octanol–water partition coefficient (Wildman–Crippen LogP) is 2.99. The van der Waals surface area contributed by atoms with Crippen LogP contribution < -0.4 is 5.32 Å². The van der Waals surface area contributed by atoms with Gasteiger partial charge >= 0.3 is 6.18 Å². The van der Waals surface area contributed by atoms with Gasteiger partial charge in [0.25, 0.3) is 5.91 Å². The zero-order valence-corrected chi connectivity index (χ0v) is 15.6. The topological polar surface area (TPSA) is 83.5 Å². The molecule has 23 heavy (non-hydrogen) atoms. The first-order valence-electron chi connectivity index (χ1n) is 6.07. The molecule has 0 spiro atoms. The molecule has 1 aromatic carbocycles. The summed E-state index contributed by atoms with van der Waals surface area (Å²) >= 11 is 7.54. The van der Waals surface area contributed by atoms with Crippen LogP contribution in [-0.2, 0) is 14.6 Å². The quantitative estimate of drug-likeness (QED) is 0.643. The van der Waals surface area contributed by atoms with Crippen LogP contribution in [-0.4, -0.2) is 37.0 Å².